The summed E-state index contributed by atoms with van der Waals surface area (Å²) < 4.78 is 10.1. The lowest BCUT2D eigenvalue weighted by atomic mass is 9.45. The fourth-order valence-corrected chi connectivity index (χ4v) is 5.59. The van der Waals surface area contributed by atoms with E-state index in [9.17, 15) is 19.8 Å². The number of hydrogen-bond donors (Lipinski definition) is 2. The average molecular weight is 409 g/mol. The van der Waals surface area contributed by atoms with Crippen molar-refractivity contribution in [2.45, 2.75) is 65.9 Å². The van der Waals surface area contributed by atoms with E-state index in [4.69, 9.17) is 9.47 Å². The first kappa shape index (κ1) is 23.6. The fourth-order valence-electron chi connectivity index (χ4n) is 5.59. The van der Waals surface area contributed by atoms with Gasteiger partial charge in [0.15, 0.2) is 0 Å². The highest BCUT2D eigenvalue weighted by Gasteiger charge is 2.59. The van der Waals surface area contributed by atoms with Gasteiger partial charge in [-0.05, 0) is 55.9 Å². The average Bonchev–Trinajstić information content (AvgIpc) is 2.68. The highest BCUT2D eigenvalue weighted by Crippen LogP contribution is 2.62. The lowest BCUT2D eigenvalue weighted by molar-refractivity contribution is -0.161. The Morgan fingerprint density at radius 1 is 1.31 bits per heavy atom. The standard InChI is InChI=1S/C23H36O6/c1-15(11-21(27)28-5)9-10-22(3)18(14-29-16(2)25)12-20(26)23(4)17(13-24)7-6-8-19(22)23/h7,11,18-20,24,26H,6,8-10,12-14H2,1-5H3/b15-11+/t18-,19+,20-,22-,23-/m0/s1. The molecule has 1 fully saturated rings. The van der Waals surface area contributed by atoms with Crippen LogP contribution in [0, 0.1) is 22.7 Å². The maximum Gasteiger partial charge on any atom is 0.330 e. The molecule has 1 saturated carbocycles. The van der Waals surface area contributed by atoms with E-state index < -0.39 is 11.5 Å². The van der Waals surface area contributed by atoms with Crippen molar-refractivity contribution in [1.82, 2.24) is 0 Å². The van der Waals surface area contributed by atoms with E-state index in [1.807, 2.05) is 6.92 Å². The largest absolute Gasteiger partial charge is 0.466 e. The van der Waals surface area contributed by atoms with Crippen LogP contribution in [0.25, 0.3) is 0 Å². The molecular formula is C23H36O6. The van der Waals surface area contributed by atoms with Crippen LogP contribution in [-0.2, 0) is 19.1 Å². The highest BCUT2D eigenvalue weighted by molar-refractivity contribution is 5.82. The highest BCUT2D eigenvalue weighted by atomic mass is 16.5. The third-order valence-corrected chi connectivity index (χ3v) is 7.47. The number of esters is 2. The summed E-state index contributed by atoms with van der Waals surface area (Å²) in [7, 11) is 1.36. The summed E-state index contributed by atoms with van der Waals surface area (Å²) >= 11 is 0. The number of fused-ring (bicyclic) bond motifs is 1. The van der Waals surface area contributed by atoms with Crippen molar-refractivity contribution in [3.8, 4) is 0 Å². The van der Waals surface area contributed by atoms with E-state index in [0.717, 1.165) is 30.4 Å². The van der Waals surface area contributed by atoms with Gasteiger partial charge in [-0.3, -0.25) is 4.79 Å². The number of aliphatic hydroxyl groups is 2. The van der Waals surface area contributed by atoms with Crippen molar-refractivity contribution in [1.29, 1.82) is 0 Å². The monoisotopic (exact) mass is 408 g/mol. The first-order valence-corrected chi connectivity index (χ1v) is 10.5. The van der Waals surface area contributed by atoms with Gasteiger partial charge in [-0.1, -0.05) is 25.5 Å². The molecule has 6 heteroatoms. The molecule has 0 bridgehead atoms. The van der Waals surface area contributed by atoms with Crippen LogP contribution in [0.5, 0.6) is 0 Å². The summed E-state index contributed by atoms with van der Waals surface area (Å²) in [4.78, 5) is 23.0. The van der Waals surface area contributed by atoms with E-state index >= 15 is 0 Å². The topological polar surface area (TPSA) is 93.1 Å². The first-order chi connectivity index (χ1) is 13.6. The van der Waals surface area contributed by atoms with Crippen molar-refractivity contribution >= 4 is 11.9 Å². The Morgan fingerprint density at radius 3 is 2.59 bits per heavy atom. The number of methoxy groups -OCH3 is 1. The SMILES string of the molecule is COC(=O)/C=C(\C)CC[C@@]1(C)[C@H](COC(C)=O)C[C@H](O)[C@@]2(C)C(CO)=CCC[C@H]12. The molecule has 5 atom stereocenters. The lowest BCUT2D eigenvalue weighted by Crippen LogP contribution is -2.58. The Morgan fingerprint density at radius 2 is 2.00 bits per heavy atom. The van der Waals surface area contributed by atoms with Crippen LogP contribution in [0.15, 0.2) is 23.3 Å². The smallest absolute Gasteiger partial charge is 0.330 e. The molecule has 164 valence electrons. The molecule has 0 spiro atoms. The summed E-state index contributed by atoms with van der Waals surface area (Å²) in [6.07, 6.45) is 6.75. The summed E-state index contributed by atoms with van der Waals surface area (Å²) in [5.41, 5.74) is 1.11. The zero-order valence-corrected chi connectivity index (χ0v) is 18.4. The van der Waals surface area contributed by atoms with Crippen molar-refractivity contribution < 1.29 is 29.3 Å². The summed E-state index contributed by atoms with van der Waals surface area (Å²) in [5.74, 6) is -0.548. The third kappa shape index (κ3) is 4.75. The van der Waals surface area contributed by atoms with Crippen LogP contribution < -0.4 is 0 Å². The van der Waals surface area contributed by atoms with Crippen molar-refractivity contribution in [3.63, 3.8) is 0 Å². The molecule has 6 nitrogen and oxygen atoms in total. The number of ether oxygens (including phenoxy) is 2. The predicted octanol–water partition coefficient (Wildman–Crippen LogP) is 3.17. The quantitative estimate of drug-likeness (QED) is 0.382. The van der Waals surface area contributed by atoms with E-state index in [-0.39, 0.29) is 42.4 Å². The second kappa shape index (κ2) is 9.43. The van der Waals surface area contributed by atoms with Crippen LogP contribution >= 0.6 is 0 Å². The van der Waals surface area contributed by atoms with Crippen molar-refractivity contribution in [2.75, 3.05) is 20.3 Å². The third-order valence-electron chi connectivity index (χ3n) is 7.47. The van der Waals surface area contributed by atoms with Crippen molar-refractivity contribution in [2.24, 2.45) is 22.7 Å². The Kier molecular flexibility index (Phi) is 7.68. The first-order valence-electron chi connectivity index (χ1n) is 10.5. The molecule has 0 unspecified atom stereocenters. The second-order valence-corrected chi connectivity index (χ2v) is 9.07. The Balaban J connectivity index is 2.37. The number of carbonyl (C=O) groups is 2. The van der Waals surface area contributed by atoms with E-state index in [1.54, 1.807) is 0 Å². The van der Waals surface area contributed by atoms with Gasteiger partial charge in [0.1, 0.15) is 0 Å². The van der Waals surface area contributed by atoms with Crippen LogP contribution in [0.1, 0.15) is 59.8 Å². The van der Waals surface area contributed by atoms with E-state index in [2.05, 4.69) is 19.9 Å². The van der Waals surface area contributed by atoms with Crippen LogP contribution in [0.3, 0.4) is 0 Å². The van der Waals surface area contributed by atoms with E-state index in [1.165, 1.54) is 20.1 Å². The Hall–Kier alpha value is -1.66. The lowest BCUT2D eigenvalue weighted by Gasteiger charge is -2.60. The minimum absolute atomic E-state index is 0.00319. The van der Waals surface area contributed by atoms with Gasteiger partial charge in [0.25, 0.3) is 0 Å². The maximum absolute atomic E-state index is 11.6. The van der Waals surface area contributed by atoms with Crippen LogP contribution in [-0.4, -0.2) is 48.6 Å². The Bertz CT molecular complexity index is 681. The molecule has 0 aliphatic heterocycles. The summed E-state index contributed by atoms with van der Waals surface area (Å²) in [5, 5.41) is 21.1. The van der Waals surface area contributed by atoms with Gasteiger partial charge in [-0.25, -0.2) is 4.79 Å². The van der Waals surface area contributed by atoms with Gasteiger partial charge >= 0.3 is 11.9 Å². The van der Waals surface area contributed by atoms with Gasteiger partial charge in [0.2, 0.25) is 0 Å². The Labute approximate surface area is 174 Å². The van der Waals surface area contributed by atoms with E-state index in [0.29, 0.717) is 12.8 Å². The van der Waals surface area contributed by atoms with Gasteiger partial charge in [-0.2, -0.15) is 0 Å². The molecule has 2 N–H and O–H groups in total. The number of allylic oxidation sites excluding steroid dienone is 2. The molecule has 0 aromatic rings. The molecule has 2 aliphatic rings. The normalized spacial score (nSPS) is 34.8. The second-order valence-electron chi connectivity index (χ2n) is 9.07. The minimum atomic E-state index is -0.605. The molecule has 0 saturated heterocycles. The fraction of sp³-hybridized carbons (Fsp3) is 0.739. The zero-order valence-electron chi connectivity index (χ0n) is 18.4. The molecule has 0 aromatic carbocycles. The zero-order chi connectivity index (χ0) is 21.8. The summed E-state index contributed by atoms with van der Waals surface area (Å²) in [6.45, 7) is 7.79. The number of carbonyl (C=O) groups excluding carboxylic acids is 2. The van der Waals surface area contributed by atoms with Crippen LogP contribution in [0.4, 0.5) is 0 Å². The molecule has 0 radical (unpaired) electrons. The number of rotatable bonds is 7. The van der Waals surface area contributed by atoms with Crippen LogP contribution in [0.2, 0.25) is 0 Å². The minimum Gasteiger partial charge on any atom is -0.466 e. The maximum atomic E-state index is 11.6. The molecular weight excluding hydrogens is 372 g/mol. The summed E-state index contributed by atoms with van der Waals surface area (Å²) in [6, 6.07) is 0. The number of hydrogen-bond acceptors (Lipinski definition) is 6. The predicted molar refractivity (Wildman–Crippen MR) is 110 cm³/mol. The van der Waals surface area contributed by atoms with Gasteiger partial charge in [0, 0.05) is 24.3 Å². The van der Waals surface area contributed by atoms with Gasteiger partial charge in [-0.15, -0.1) is 0 Å². The van der Waals surface area contributed by atoms with Gasteiger partial charge in [0.05, 0.1) is 26.4 Å². The number of aliphatic hydroxyl groups excluding tert-OH is 2. The molecule has 0 amide bonds. The molecule has 2 rings (SSSR count). The molecule has 2 aliphatic carbocycles. The molecule has 0 heterocycles. The molecule has 0 aromatic heterocycles. The molecule has 29 heavy (non-hydrogen) atoms. The van der Waals surface area contributed by atoms with Crippen molar-refractivity contribution in [3.05, 3.63) is 23.3 Å². The van der Waals surface area contributed by atoms with Gasteiger partial charge < -0.3 is 19.7 Å².